The number of rotatable bonds is 2. The molecular formula is C14H17FN2OS. The smallest absolute Gasteiger partial charge is 0.256 e. The molecule has 1 fully saturated rings. The van der Waals surface area contributed by atoms with E-state index >= 15 is 0 Å². The zero-order valence-electron chi connectivity index (χ0n) is 10.9. The van der Waals surface area contributed by atoms with Gasteiger partial charge in [0.05, 0.1) is 10.6 Å². The highest BCUT2D eigenvalue weighted by atomic mass is 32.1. The molecule has 19 heavy (non-hydrogen) atoms. The lowest BCUT2D eigenvalue weighted by atomic mass is 9.96. The molecule has 0 aliphatic carbocycles. The van der Waals surface area contributed by atoms with Crippen LogP contribution in [0.25, 0.3) is 0 Å². The maximum atomic E-state index is 13.7. The molecule has 1 aromatic carbocycles. The zero-order valence-corrected chi connectivity index (χ0v) is 11.7. The molecule has 1 amide bonds. The summed E-state index contributed by atoms with van der Waals surface area (Å²) in [5.41, 5.74) is 6.64. The molecule has 0 bridgehead atoms. The molecule has 2 rings (SSSR count). The molecule has 102 valence electrons. The Hall–Kier alpha value is -1.49. The average Bonchev–Trinajstić information content (AvgIpc) is 2.41. The Bertz CT molecular complexity index is 510. The van der Waals surface area contributed by atoms with Crippen LogP contribution < -0.4 is 5.73 Å². The molecule has 5 heteroatoms. The molecule has 1 aromatic rings. The summed E-state index contributed by atoms with van der Waals surface area (Å²) in [6.07, 6.45) is 1.52. The van der Waals surface area contributed by atoms with Crippen molar-refractivity contribution >= 4 is 23.1 Å². The van der Waals surface area contributed by atoms with Crippen molar-refractivity contribution in [1.29, 1.82) is 0 Å². The van der Waals surface area contributed by atoms with Crippen LogP contribution in [0.4, 0.5) is 4.39 Å². The third-order valence-electron chi connectivity index (χ3n) is 3.54. The second-order valence-corrected chi connectivity index (χ2v) is 5.42. The molecule has 1 aliphatic rings. The summed E-state index contributed by atoms with van der Waals surface area (Å²) in [5.74, 6) is -0.518. The number of thiocarbonyl (C=S) groups is 1. The van der Waals surface area contributed by atoms with E-state index in [2.05, 4.69) is 0 Å². The number of hydrogen-bond donors (Lipinski definition) is 1. The first-order valence-corrected chi connectivity index (χ1v) is 6.74. The minimum Gasteiger partial charge on any atom is -0.393 e. The van der Waals surface area contributed by atoms with Crippen LogP contribution in [0.5, 0.6) is 0 Å². The van der Waals surface area contributed by atoms with Crippen LogP contribution in [0.1, 0.15) is 28.8 Å². The summed E-state index contributed by atoms with van der Waals surface area (Å²) in [5, 5.41) is 0. The Morgan fingerprint density at radius 2 is 2.05 bits per heavy atom. The molecule has 0 unspecified atom stereocenters. The summed E-state index contributed by atoms with van der Waals surface area (Å²) < 4.78 is 13.7. The van der Waals surface area contributed by atoms with E-state index in [1.54, 1.807) is 17.0 Å². The lowest BCUT2D eigenvalue weighted by molar-refractivity contribution is 0.0705. The number of benzene rings is 1. The molecule has 2 N–H and O–H groups in total. The van der Waals surface area contributed by atoms with Crippen molar-refractivity contribution in [1.82, 2.24) is 4.90 Å². The fourth-order valence-corrected chi connectivity index (χ4v) is 2.58. The standard InChI is InChI=1S/C14H17FN2OS/c1-9-2-3-12(15)11(8-9)14(18)17-6-4-10(5-7-17)13(16)19/h2-3,8,10H,4-7H2,1H3,(H2,16,19). The van der Waals surface area contributed by atoms with Gasteiger partial charge in [0, 0.05) is 19.0 Å². The second-order valence-electron chi connectivity index (χ2n) is 4.95. The van der Waals surface area contributed by atoms with Crippen LogP contribution in [-0.4, -0.2) is 28.9 Å². The molecule has 0 radical (unpaired) electrons. The number of aryl methyl sites for hydroxylation is 1. The highest BCUT2D eigenvalue weighted by molar-refractivity contribution is 7.80. The minimum absolute atomic E-state index is 0.147. The van der Waals surface area contributed by atoms with Gasteiger partial charge in [-0.25, -0.2) is 4.39 Å². The summed E-state index contributed by atoms with van der Waals surface area (Å²) in [6.45, 7) is 3.00. The fraction of sp³-hybridized carbons (Fsp3) is 0.429. The molecule has 1 saturated heterocycles. The van der Waals surface area contributed by atoms with Crippen LogP contribution in [0.2, 0.25) is 0 Å². The van der Waals surface area contributed by atoms with Gasteiger partial charge in [-0.05, 0) is 31.9 Å². The number of carbonyl (C=O) groups is 1. The van der Waals surface area contributed by atoms with Crippen molar-refractivity contribution in [2.75, 3.05) is 13.1 Å². The Labute approximate surface area is 117 Å². The normalized spacial score (nSPS) is 16.4. The first-order valence-electron chi connectivity index (χ1n) is 6.34. The molecule has 0 aromatic heterocycles. The number of halogens is 1. The molecule has 1 heterocycles. The molecule has 1 aliphatic heterocycles. The monoisotopic (exact) mass is 280 g/mol. The van der Waals surface area contributed by atoms with E-state index in [1.807, 2.05) is 6.92 Å². The highest BCUT2D eigenvalue weighted by Crippen LogP contribution is 2.20. The largest absolute Gasteiger partial charge is 0.393 e. The maximum Gasteiger partial charge on any atom is 0.256 e. The fourth-order valence-electron chi connectivity index (χ4n) is 2.34. The van der Waals surface area contributed by atoms with Crippen LogP contribution in [-0.2, 0) is 0 Å². The number of amides is 1. The van der Waals surface area contributed by atoms with E-state index in [4.69, 9.17) is 18.0 Å². The number of carbonyl (C=O) groups excluding carboxylic acids is 1. The SMILES string of the molecule is Cc1ccc(F)c(C(=O)N2CCC(C(N)=S)CC2)c1. The van der Waals surface area contributed by atoms with Crippen molar-refractivity contribution in [3.63, 3.8) is 0 Å². The van der Waals surface area contributed by atoms with Gasteiger partial charge in [0.2, 0.25) is 0 Å². The van der Waals surface area contributed by atoms with Crippen molar-refractivity contribution in [3.8, 4) is 0 Å². The van der Waals surface area contributed by atoms with Gasteiger partial charge in [0.25, 0.3) is 5.91 Å². The Balaban J connectivity index is 2.09. The Morgan fingerprint density at radius 3 is 2.63 bits per heavy atom. The maximum absolute atomic E-state index is 13.7. The van der Waals surface area contributed by atoms with Crippen molar-refractivity contribution < 1.29 is 9.18 Å². The van der Waals surface area contributed by atoms with E-state index in [-0.39, 0.29) is 17.4 Å². The van der Waals surface area contributed by atoms with Gasteiger partial charge < -0.3 is 10.6 Å². The summed E-state index contributed by atoms with van der Waals surface area (Å²) >= 11 is 4.97. The van der Waals surface area contributed by atoms with E-state index in [9.17, 15) is 9.18 Å². The van der Waals surface area contributed by atoms with Crippen LogP contribution in [0.3, 0.4) is 0 Å². The van der Waals surface area contributed by atoms with Crippen LogP contribution in [0, 0.1) is 18.7 Å². The van der Waals surface area contributed by atoms with Gasteiger partial charge in [-0.2, -0.15) is 0 Å². The van der Waals surface area contributed by atoms with E-state index < -0.39 is 5.82 Å². The predicted octanol–water partition coefficient (Wildman–Crippen LogP) is 2.27. The van der Waals surface area contributed by atoms with E-state index in [0.717, 1.165) is 18.4 Å². The third-order valence-corrected chi connectivity index (χ3v) is 3.87. The van der Waals surface area contributed by atoms with Gasteiger partial charge in [-0.15, -0.1) is 0 Å². The van der Waals surface area contributed by atoms with Crippen molar-refractivity contribution in [2.45, 2.75) is 19.8 Å². The highest BCUT2D eigenvalue weighted by Gasteiger charge is 2.26. The first kappa shape index (κ1) is 13.9. The van der Waals surface area contributed by atoms with Gasteiger partial charge in [0.1, 0.15) is 5.82 Å². The lowest BCUT2D eigenvalue weighted by Gasteiger charge is -2.31. The Kier molecular flexibility index (Phi) is 4.14. The first-order chi connectivity index (χ1) is 8.99. The molecule has 0 spiro atoms. The molecule has 3 nitrogen and oxygen atoms in total. The van der Waals surface area contributed by atoms with Gasteiger partial charge in [-0.3, -0.25) is 4.79 Å². The number of nitrogens with zero attached hydrogens (tertiary/aromatic N) is 1. The van der Waals surface area contributed by atoms with Crippen molar-refractivity contribution in [3.05, 3.63) is 35.1 Å². The predicted molar refractivity (Wildman–Crippen MR) is 76.5 cm³/mol. The zero-order chi connectivity index (χ0) is 14.0. The van der Waals surface area contributed by atoms with E-state index in [0.29, 0.717) is 18.1 Å². The van der Waals surface area contributed by atoms with E-state index in [1.165, 1.54) is 6.07 Å². The van der Waals surface area contributed by atoms with Gasteiger partial charge >= 0.3 is 0 Å². The van der Waals surface area contributed by atoms with Gasteiger partial charge in [0.15, 0.2) is 0 Å². The summed E-state index contributed by atoms with van der Waals surface area (Å²) in [7, 11) is 0. The van der Waals surface area contributed by atoms with Crippen LogP contribution >= 0.6 is 12.2 Å². The van der Waals surface area contributed by atoms with Crippen molar-refractivity contribution in [2.24, 2.45) is 11.7 Å². The minimum atomic E-state index is -0.466. The lowest BCUT2D eigenvalue weighted by Crippen LogP contribution is -2.41. The number of likely N-dealkylation sites (tertiary alicyclic amines) is 1. The summed E-state index contributed by atoms with van der Waals surface area (Å²) in [6, 6.07) is 4.59. The summed E-state index contributed by atoms with van der Waals surface area (Å²) in [4.78, 5) is 14.5. The Morgan fingerprint density at radius 1 is 1.42 bits per heavy atom. The third kappa shape index (κ3) is 3.10. The average molecular weight is 280 g/mol. The van der Waals surface area contributed by atoms with Gasteiger partial charge in [-0.1, -0.05) is 23.8 Å². The topological polar surface area (TPSA) is 46.3 Å². The number of nitrogens with two attached hydrogens (primary N) is 1. The quantitative estimate of drug-likeness (QED) is 0.845. The number of piperidine rings is 1. The number of hydrogen-bond acceptors (Lipinski definition) is 2. The van der Waals surface area contributed by atoms with Crippen LogP contribution in [0.15, 0.2) is 18.2 Å². The molecule has 0 saturated carbocycles. The molecular weight excluding hydrogens is 263 g/mol. The molecule has 0 atom stereocenters. The second kappa shape index (κ2) is 5.65.